The predicted molar refractivity (Wildman–Crippen MR) is 90.4 cm³/mol. The molecule has 4 aliphatic rings. The summed E-state index contributed by atoms with van der Waals surface area (Å²) in [4.78, 5) is 8.47. The second-order valence-corrected chi connectivity index (χ2v) is 8.11. The quantitative estimate of drug-likeness (QED) is 0.878. The summed E-state index contributed by atoms with van der Waals surface area (Å²) >= 11 is 0. The summed E-state index contributed by atoms with van der Waals surface area (Å²) in [6.07, 6.45) is 2.07. The molecule has 2 saturated heterocycles. The third kappa shape index (κ3) is 2.27. The van der Waals surface area contributed by atoms with E-state index in [0.29, 0.717) is 29.3 Å². The lowest BCUT2D eigenvalue weighted by atomic mass is 9.66. The molecule has 2 bridgehead atoms. The summed E-state index contributed by atoms with van der Waals surface area (Å²) in [7, 11) is 0. The maximum atomic E-state index is 13.2. The van der Waals surface area contributed by atoms with Crippen LogP contribution in [-0.2, 0) is 6.18 Å². The van der Waals surface area contributed by atoms with Gasteiger partial charge in [-0.3, -0.25) is 0 Å². The van der Waals surface area contributed by atoms with E-state index in [0.717, 1.165) is 37.7 Å². The largest absolute Gasteiger partial charge is 0.419 e. The molecule has 2 unspecified atom stereocenters. The lowest BCUT2D eigenvalue weighted by Crippen LogP contribution is -2.45. The molecule has 8 heteroatoms. The van der Waals surface area contributed by atoms with Crippen molar-refractivity contribution < 1.29 is 13.2 Å². The van der Waals surface area contributed by atoms with Crippen LogP contribution in [-0.4, -0.2) is 27.1 Å². The normalized spacial score (nSPS) is 30.5. The number of imidazole rings is 1. The Morgan fingerprint density at radius 1 is 1.35 bits per heavy atom. The molecule has 2 aliphatic heterocycles. The third-order valence-corrected chi connectivity index (χ3v) is 6.07. The lowest BCUT2D eigenvalue weighted by Gasteiger charge is -2.45. The number of pyridine rings is 1. The van der Waals surface area contributed by atoms with Gasteiger partial charge in [0.1, 0.15) is 11.6 Å². The molecule has 3 atom stereocenters. The van der Waals surface area contributed by atoms with Gasteiger partial charge in [0.05, 0.1) is 17.3 Å². The summed E-state index contributed by atoms with van der Waals surface area (Å²) in [5, 5.41) is 3.53. The SMILES string of the molecule is CC12CNC(C1)[C@H]2n1cc(-c2cnc(N)c(C(F)(F)F)c2)nc1C1CC1. The Bertz CT molecular complexity index is 881. The number of anilines is 1. The monoisotopic (exact) mass is 363 g/mol. The summed E-state index contributed by atoms with van der Waals surface area (Å²) in [6, 6.07) is 1.80. The Balaban J connectivity index is 1.58. The molecule has 26 heavy (non-hydrogen) atoms. The van der Waals surface area contributed by atoms with E-state index in [-0.39, 0.29) is 5.41 Å². The maximum Gasteiger partial charge on any atom is 0.419 e. The fraction of sp³-hybridized carbons (Fsp3) is 0.556. The molecular formula is C18H20F3N5. The number of halogens is 3. The first-order valence-corrected chi connectivity index (χ1v) is 8.91. The highest BCUT2D eigenvalue weighted by atomic mass is 19.4. The van der Waals surface area contributed by atoms with Gasteiger partial charge < -0.3 is 15.6 Å². The number of fused-ring (bicyclic) bond motifs is 1. The minimum atomic E-state index is -4.53. The van der Waals surface area contributed by atoms with Gasteiger partial charge in [-0.25, -0.2) is 9.97 Å². The fourth-order valence-electron chi connectivity index (χ4n) is 4.57. The van der Waals surface area contributed by atoms with E-state index in [1.165, 1.54) is 6.20 Å². The number of hydrogen-bond acceptors (Lipinski definition) is 4. The third-order valence-electron chi connectivity index (χ3n) is 6.07. The molecule has 4 heterocycles. The van der Waals surface area contributed by atoms with Gasteiger partial charge >= 0.3 is 6.18 Å². The van der Waals surface area contributed by atoms with Crippen LogP contribution in [0, 0.1) is 5.41 Å². The molecular weight excluding hydrogens is 343 g/mol. The molecule has 2 aliphatic carbocycles. The van der Waals surface area contributed by atoms with Crippen molar-refractivity contribution in [2.45, 2.75) is 50.4 Å². The summed E-state index contributed by atoms with van der Waals surface area (Å²) in [6.45, 7) is 3.23. The number of nitrogens with zero attached hydrogens (tertiary/aromatic N) is 3. The summed E-state index contributed by atoms with van der Waals surface area (Å²) < 4.78 is 41.7. The van der Waals surface area contributed by atoms with E-state index in [1.54, 1.807) is 0 Å². The molecule has 2 aromatic rings. The number of nitrogens with two attached hydrogens (primary N) is 1. The van der Waals surface area contributed by atoms with Crippen molar-refractivity contribution in [1.29, 1.82) is 0 Å². The Morgan fingerprint density at radius 3 is 2.69 bits per heavy atom. The number of nitrogens with one attached hydrogen (secondary N) is 1. The maximum absolute atomic E-state index is 13.2. The van der Waals surface area contributed by atoms with Gasteiger partial charge in [-0.1, -0.05) is 6.92 Å². The van der Waals surface area contributed by atoms with Crippen molar-refractivity contribution in [3.8, 4) is 11.3 Å². The minimum Gasteiger partial charge on any atom is -0.383 e. The molecule has 2 aromatic heterocycles. The zero-order valence-electron chi connectivity index (χ0n) is 14.3. The van der Waals surface area contributed by atoms with Crippen LogP contribution in [0.15, 0.2) is 18.5 Å². The Labute approximate surface area is 148 Å². The van der Waals surface area contributed by atoms with Crippen LogP contribution in [0.4, 0.5) is 19.0 Å². The highest BCUT2D eigenvalue weighted by molar-refractivity contribution is 5.62. The standard InChI is InChI=1S/C18H20F3N5/c1-17-5-12(24-8-17)14(17)26-7-13(25-16(26)9-2-3-9)10-4-11(18(19,20)21)15(22)23-6-10/h4,6-7,9,12,14,24H,2-3,5,8H2,1H3,(H2,22,23)/t12?,14-,17?/m1/s1. The molecule has 0 amide bonds. The van der Waals surface area contributed by atoms with Crippen molar-refractivity contribution >= 4 is 5.82 Å². The van der Waals surface area contributed by atoms with E-state index in [4.69, 9.17) is 10.7 Å². The van der Waals surface area contributed by atoms with Gasteiger partial charge in [-0.15, -0.1) is 0 Å². The van der Waals surface area contributed by atoms with Gasteiger partial charge in [0.2, 0.25) is 0 Å². The zero-order valence-corrected chi connectivity index (χ0v) is 14.3. The van der Waals surface area contributed by atoms with E-state index in [1.807, 2.05) is 6.20 Å². The first-order chi connectivity index (χ1) is 12.3. The Kier molecular flexibility index (Phi) is 3.10. The molecule has 0 spiro atoms. The number of alkyl halides is 3. The van der Waals surface area contributed by atoms with Crippen molar-refractivity contribution in [2.24, 2.45) is 5.41 Å². The molecule has 3 N–H and O–H groups in total. The number of rotatable bonds is 3. The number of hydrogen-bond donors (Lipinski definition) is 2. The van der Waals surface area contributed by atoms with Crippen LogP contribution in [0.3, 0.4) is 0 Å². The van der Waals surface area contributed by atoms with E-state index in [9.17, 15) is 13.2 Å². The van der Waals surface area contributed by atoms with Gasteiger partial charge in [0.25, 0.3) is 0 Å². The molecule has 4 fully saturated rings. The predicted octanol–water partition coefficient (Wildman–Crippen LogP) is 3.35. The molecule has 0 radical (unpaired) electrons. The first-order valence-electron chi connectivity index (χ1n) is 8.91. The van der Waals surface area contributed by atoms with Crippen LogP contribution in [0.25, 0.3) is 11.3 Å². The van der Waals surface area contributed by atoms with Crippen LogP contribution < -0.4 is 11.1 Å². The highest BCUT2D eigenvalue weighted by Gasteiger charge is 2.58. The van der Waals surface area contributed by atoms with E-state index in [2.05, 4.69) is 21.8 Å². The molecule has 0 aromatic carbocycles. The van der Waals surface area contributed by atoms with Crippen molar-refractivity contribution in [1.82, 2.24) is 19.9 Å². The fourth-order valence-corrected chi connectivity index (χ4v) is 4.57. The second kappa shape index (κ2) is 5.00. The average molecular weight is 363 g/mol. The molecule has 5 nitrogen and oxygen atoms in total. The van der Waals surface area contributed by atoms with Crippen molar-refractivity contribution in [2.75, 3.05) is 12.3 Å². The minimum absolute atomic E-state index is 0.197. The number of aromatic nitrogens is 3. The van der Waals surface area contributed by atoms with E-state index >= 15 is 0 Å². The molecule has 138 valence electrons. The smallest absolute Gasteiger partial charge is 0.383 e. The van der Waals surface area contributed by atoms with Crippen LogP contribution >= 0.6 is 0 Å². The second-order valence-electron chi connectivity index (χ2n) is 8.11. The number of nitrogen functional groups attached to an aromatic ring is 1. The molecule has 6 rings (SSSR count). The Hall–Kier alpha value is -2.09. The summed E-state index contributed by atoms with van der Waals surface area (Å²) in [5.41, 5.74) is 5.61. The van der Waals surface area contributed by atoms with Crippen molar-refractivity contribution in [3.05, 3.63) is 29.8 Å². The van der Waals surface area contributed by atoms with Crippen LogP contribution in [0.5, 0.6) is 0 Å². The summed E-state index contributed by atoms with van der Waals surface area (Å²) in [5.74, 6) is 0.906. The van der Waals surface area contributed by atoms with Gasteiger partial charge in [-0.2, -0.15) is 13.2 Å². The topological polar surface area (TPSA) is 68.8 Å². The van der Waals surface area contributed by atoms with Gasteiger partial charge in [-0.05, 0) is 25.3 Å². The first kappa shape index (κ1) is 16.1. The van der Waals surface area contributed by atoms with Gasteiger partial charge in [0.15, 0.2) is 0 Å². The van der Waals surface area contributed by atoms with Crippen LogP contribution in [0.2, 0.25) is 0 Å². The highest BCUT2D eigenvalue weighted by Crippen LogP contribution is 2.56. The Morgan fingerprint density at radius 2 is 2.12 bits per heavy atom. The van der Waals surface area contributed by atoms with E-state index < -0.39 is 17.6 Å². The average Bonchev–Trinajstić information content (AvgIpc) is 3.07. The van der Waals surface area contributed by atoms with Crippen LogP contribution in [0.1, 0.15) is 49.5 Å². The molecule has 2 saturated carbocycles. The van der Waals surface area contributed by atoms with Gasteiger partial charge in [0, 0.05) is 41.9 Å². The zero-order chi connectivity index (χ0) is 18.3. The lowest BCUT2D eigenvalue weighted by molar-refractivity contribution is -0.137. The van der Waals surface area contributed by atoms with Crippen molar-refractivity contribution in [3.63, 3.8) is 0 Å².